The minimum absolute atomic E-state index is 0.0659. The number of amides is 1. The molecule has 128 valence electrons. The molecule has 0 saturated carbocycles. The van der Waals surface area contributed by atoms with E-state index in [-0.39, 0.29) is 9.92 Å². The van der Waals surface area contributed by atoms with Gasteiger partial charge >= 0.3 is 0 Å². The Hall–Kier alpha value is -1.80. The third kappa shape index (κ3) is 4.85. The van der Waals surface area contributed by atoms with Gasteiger partial charge in [0, 0.05) is 10.7 Å². The van der Waals surface area contributed by atoms with E-state index in [2.05, 4.69) is 10.0 Å². The Kier molecular flexibility index (Phi) is 6.06. The number of anilines is 1. The van der Waals surface area contributed by atoms with Crippen LogP contribution >= 0.6 is 23.2 Å². The summed E-state index contributed by atoms with van der Waals surface area (Å²) in [7, 11) is -2.46. The molecule has 0 atom stereocenters. The van der Waals surface area contributed by atoms with Gasteiger partial charge in [0.1, 0.15) is 5.75 Å². The number of carbonyl (C=O) groups is 1. The number of sulfonamides is 1. The number of halogens is 2. The van der Waals surface area contributed by atoms with E-state index >= 15 is 0 Å². The number of ether oxygens (including phenoxy) is 1. The van der Waals surface area contributed by atoms with Crippen molar-refractivity contribution in [2.75, 3.05) is 19.0 Å². The van der Waals surface area contributed by atoms with Gasteiger partial charge in [0.25, 0.3) is 0 Å². The molecule has 0 saturated heterocycles. The summed E-state index contributed by atoms with van der Waals surface area (Å²) in [5.41, 5.74) is 0.471. The minimum Gasteiger partial charge on any atom is -0.495 e. The van der Waals surface area contributed by atoms with Crippen LogP contribution < -0.4 is 14.8 Å². The number of hydrogen-bond donors (Lipinski definition) is 2. The van der Waals surface area contributed by atoms with Crippen molar-refractivity contribution in [1.82, 2.24) is 4.72 Å². The number of carbonyl (C=O) groups excluding carboxylic acids is 1. The van der Waals surface area contributed by atoms with Gasteiger partial charge in [0.05, 0.1) is 23.6 Å². The molecule has 2 aromatic carbocycles. The fraction of sp³-hybridized carbons (Fsp3) is 0.133. The van der Waals surface area contributed by atoms with E-state index in [9.17, 15) is 13.2 Å². The van der Waals surface area contributed by atoms with E-state index in [1.807, 2.05) is 0 Å². The quantitative estimate of drug-likeness (QED) is 0.796. The highest BCUT2D eigenvalue weighted by Crippen LogP contribution is 2.26. The third-order valence-electron chi connectivity index (χ3n) is 2.96. The summed E-state index contributed by atoms with van der Waals surface area (Å²) in [5.74, 6) is -0.172. The van der Waals surface area contributed by atoms with Gasteiger partial charge in [-0.15, -0.1) is 0 Å². The van der Waals surface area contributed by atoms with Crippen LogP contribution in [0.4, 0.5) is 5.69 Å². The van der Waals surface area contributed by atoms with Crippen molar-refractivity contribution in [1.29, 1.82) is 0 Å². The lowest BCUT2D eigenvalue weighted by molar-refractivity contribution is -0.115. The normalized spacial score (nSPS) is 11.1. The van der Waals surface area contributed by atoms with Gasteiger partial charge < -0.3 is 10.1 Å². The molecular weight excluding hydrogens is 375 g/mol. The highest BCUT2D eigenvalue weighted by Gasteiger charge is 2.17. The lowest BCUT2D eigenvalue weighted by atomic mass is 10.3. The molecule has 0 bridgehead atoms. The highest BCUT2D eigenvalue weighted by molar-refractivity contribution is 7.89. The van der Waals surface area contributed by atoms with Crippen LogP contribution in [0.15, 0.2) is 47.4 Å². The summed E-state index contributed by atoms with van der Waals surface area (Å²) in [6.45, 7) is -0.432. The number of hydrogen-bond acceptors (Lipinski definition) is 4. The lowest BCUT2D eigenvalue weighted by Crippen LogP contribution is -2.32. The van der Waals surface area contributed by atoms with Gasteiger partial charge in [-0.1, -0.05) is 29.3 Å². The minimum atomic E-state index is -3.88. The average molecular weight is 389 g/mol. The Morgan fingerprint density at radius 1 is 1.17 bits per heavy atom. The molecule has 2 rings (SSSR count). The van der Waals surface area contributed by atoms with Gasteiger partial charge in [0.2, 0.25) is 15.9 Å². The lowest BCUT2D eigenvalue weighted by Gasteiger charge is -2.09. The summed E-state index contributed by atoms with van der Waals surface area (Å²) < 4.78 is 31.5. The van der Waals surface area contributed by atoms with Crippen LogP contribution in [0, 0.1) is 0 Å². The molecule has 24 heavy (non-hydrogen) atoms. The van der Waals surface area contributed by atoms with Crippen LogP contribution in [0.2, 0.25) is 10.0 Å². The Labute approximate surface area is 149 Å². The molecule has 0 aliphatic rings. The monoisotopic (exact) mass is 388 g/mol. The maximum atomic E-state index is 12.2. The average Bonchev–Trinajstić information content (AvgIpc) is 2.53. The molecule has 0 fully saturated rings. The van der Waals surface area contributed by atoms with E-state index in [1.165, 1.54) is 25.3 Å². The van der Waals surface area contributed by atoms with Crippen LogP contribution in [0.5, 0.6) is 5.75 Å². The summed E-state index contributed by atoms with van der Waals surface area (Å²) in [6, 6.07) is 10.5. The summed E-state index contributed by atoms with van der Waals surface area (Å²) in [4.78, 5) is 11.8. The van der Waals surface area contributed by atoms with Gasteiger partial charge in [-0.2, -0.15) is 0 Å². The van der Waals surface area contributed by atoms with E-state index in [0.717, 1.165) is 0 Å². The van der Waals surface area contributed by atoms with Crippen LogP contribution in [0.1, 0.15) is 0 Å². The first kappa shape index (κ1) is 18.5. The second kappa shape index (κ2) is 7.85. The molecule has 0 unspecified atom stereocenters. The van der Waals surface area contributed by atoms with Crippen molar-refractivity contribution in [3.05, 3.63) is 52.5 Å². The predicted molar refractivity (Wildman–Crippen MR) is 93.3 cm³/mol. The number of methoxy groups -OCH3 is 1. The molecule has 0 aliphatic heterocycles. The van der Waals surface area contributed by atoms with Gasteiger partial charge in [-0.05, 0) is 36.4 Å². The number of nitrogens with one attached hydrogen (secondary N) is 2. The number of rotatable bonds is 6. The Morgan fingerprint density at radius 3 is 2.54 bits per heavy atom. The predicted octanol–water partition coefficient (Wildman–Crippen LogP) is 2.92. The SMILES string of the molecule is COc1ccc(S(=O)(=O)NCC(=O)Nc2cccc(Cl)c2)cc1Cl. The van der Waals surface area contributed by atoms with Crippen molar-refractivity contribution >= 4 is 44.8 Å². The Bertz CT molecular complexity index is 856. The molecule has 1 amide bonds. The van der Waals surface area contributed by atoms with E-state index in [1.54, 1.807) is 24.3 Å². The summed E-state index contributed by atoms with van der Waals surface area (Å²) >= 11 is 11.7. The third-order valence-corrected chi connectivity index (χ3v) is 4.89. The van der Waals surface area contributed by atoms with Crippen molar-refractivity contribution < 1.29 is 17.9 Å². The van der Waals surface area contributed by atoms with Gasteiger partial charge in [-0.25, -0.2) is 13.1 Å². The van der Waals surface area contributed by atoms with Crippen molar-refractivity contribution in [2.45, 2.75) is 4.90 Å². The molecule has 2 N–H and O–H groups in total. The van der Waals surface area contributed by atoms with Crippen LogP contribution in [-0.4, -0.2) is 28.0 Å². The van der Waals surface area contributed by atoms with E-state index in [4.69, 9.17) is 27.9 Å². The Balaban J connectivity index is 2.02. The summed E-state index contributed by atoms with van der Waals surface area (Å²) in [5, 5.41) is 3.16. The topological polar surface area (TPSA) is 84.5 Å². The Morgan fingerprint density at radius 2 is 1.92 bits per heavy atom. The van der Waals surface area contributed by atoms with E-state index in [0.29, 0.717) is 16.5 Å². The van der Waals surface area contributed by atoms with Crippen molar-refractivity contribution in [3.63, 3.8) is 0 Å². The first-order valence-corrected chi connectivity index (χ1v) is 8.94. The molecule has 0 heterocycles. The maximum absolute atomic E-state index is 12.2. The van der Waals surface area contributed by atoms with Crippen LogP contribution in [0.3, 0.4) is 0 Å². The highest BCUT2D eigenvalue weighted by atomic mass is 35.5. The molecule has 6 nitrogen and oxygen atoms in total. The van der Waals surface area contributed by atoms with Gasteiger partial charge in [-0.3, -0.25) is 4.79 Å². The summed E-state index contributed by atoms with van der Waals surface area (Å²) in [6.07, 6.45) is 0. The zero-order valence-electron chi connectivity index (χ0n) is 12.5. The van der Waals surface area contributed by atoms with Crippen LogP contribution in [0.25, 0.3) is 0 Å². The van der Waals surface area contributed by atoms with E-state index < -0.39 is 22.5 Å². The molecule has 0 aliphatic carbocycles. The fourth-order valence-electron chi connectivity index (χ4n) is 1.83. The molecule has 0 spiro atoms. The second-order valence-corrected chi connectivity index (χ2v) is 7.29. The largest absolute Gasteiger partial charge is 0.495 e. The molecular formula is C15H14Cl2N2O4S. The van der Waals surface area contributed by atoms with Crippen molar-refractivity contribution in [3.8, 4) is 5.75 Å². The fourth-order valence-corrected chi connectivity index (χ4v) is 3.35. The molecule has 2 aromatic rings. The number of benzene rings is 2. The first-order chi connectivity index (χ1) is 11.3. The zero-order valence-corrected chi connectivity index (χ0v) is 14.9. The van der Waals surface area contributed by atoms with Crippen molar-refractivity contribution in [2.24, 2.45) is 0 Å². The maximum Gasteiger partial charge on any atom is 0.241 e. The molecule has 0 aromatic heterocycles. The van der Waals surface area contributed by atoms with Crippen LogP contribution in [-0.2, 0) is 14.8 Å². The smallest absolute Gasteiger partial charge is 0.241 e. The molecule has 0 radical (unpaired) electrons. The second-order valence-electron chi connectivity index (χ2n) is 4.68. The first-order valence-electron chi connectivity index (χ1n) is 6.70. The molecule has 9 heteroatoms. The zero-order chi connectivity index (χ0) is 17.7. The standard InChI is InChI=1S/C15H14Cl2N2O4S/c1-23-14-6-5-12(8-13(14)17)24(21,22)18-9-15(20)19-11-4-2-3-10(16)7-11/h2-8,18H,9H2,1H3,(H,19,20). The van der Waals surface area contributed by atoms with Gasteiger partial charge in [0.15, 0.2) is 0 Å².